The summed E-state index contributed by atoms with van der Waals surface area (Å²) in [5, 5.41) is 12.3. The van der Waals surface area contributed by atoms with Crippen LogP contribution in [0.1, 0.15) is 12.8 Å². The van der Waals surface area contributed by atoms with Crippen LogP contribution in [-0.2, 0) is 26.1 Å². The maximum absolute atomic E-state index is 12.7. The van der Waals surface area contributed by atoms with Gasteiger partial charge in [-0.2, -0.15) is 4.31 Å². The molecule has 2 aromatic heterocycles. The molecule has 4 rings (SSSR count). The second-order valence-electron chi connectivity index (χ2n) is 6.91. The monoisotopic (exact) mass is 492 g/mol. The first-order valence-electron chi connectivity index (χ1n) is 9.47. The fourth-order valence-corrected chi connectivity index (χ4v) is 7.20. The minimum absolute atomic E-state index is 0.0668. The van der Waals surface area contributed by atoms with E-state index in [2.05, 4.69) is 15.5 Å². The number of hydrogen-bond donors (Lipinski definition) is 0. The van der Waals surface area contributed by atoms with E-state index in [4.69, 9.17) is 16.3 Å². The number of rotatable bonds is 7. The summed E-state index contributed by atoms with van der Waals surface area (Å²) in [7, 11) is -3.57. The van der Waals surface area contributed by atoms with Gasteiger partial charge in [-0.25, -0.2) is 13.1 Å². The number of hydrogen-bond acceptors (Lipinski definition) is 9. The van der Waals surface area contributed by atoms with Gasteiger partial charge in [0.15, 0.2) is 0 Å². The zero-order chi connectivity index (χ0) is 21.1. The summed E-state index contributed by atoms with van der Waals surface area (Å²) < 4.78 is 34.7. The Morgan fingerprint density at radius 2 is 2.10 bits per heavy atom. The standard InChI is InChI=1S/C16H21ClN6O4S3/c17-13-3-4-15(29-13)30(25,26)22-7-5-21(6-8-22)14(24)11-28-16-18-19-20-23(16)10-12-2-1-9-27-12/h3-4,12H,1-2,5-11H2/t12-/m0/s1. The van der Waals surface area contributed by atoms with Gasteiger partial charge < -0.3 is 9.64 Å². The van der Waals surface area contributed by atoms with E-state index in [-0.39, 0.29) is 35.1 Å². The quantitative estimate of drug-likeness (QED) is 0.530. The molecule has 0 radical (unpaired) electrons. The largest absolute Gasteiger partial charge is 0.376 e. The number of carbonyl (C=O) groups is 1. The normalized spacial score (nSPS) is 20.7. The summed E-state index contributed by atoms with van der Waals surface area (Å²) in [5.41, 5.74) is 0. The number of halogens is 1. The molecule has 2 saturated heterocycles. The highest BCUT2D eigenvalue weighted by Crippen LogP contribution is 2.28. The molecule has 10 nitrogen and oxygen atoms in total. The fourth-order valence-electron chi connectivity index (χ4n) is 3.35. The third kappa shape index (κ3) is 4.97. The van der Waals surface area contributed by atoms with Crippen LogP contribution in [0.4, 0.5) is 0 Å². The second-order valence-corrected chi connectivity index (χ2v) is 11.7. The van der Waals surface area contributed by atoms with Gasteiger partial charge in [-0.1, -0.05) is 23.4 Å². The van der Waals surface area contributed by atoms with Crippen molar-refractivity contribution in [2.45, 2.75) is 34.9 Å². The Morgan fingerprint density at radius 3 is 2.77 bits per heavy atom. The zero-order valence-corrected chi connectivity index (χ0v) is 19.2. The first kappa shape index (κ1) is 22.0. The molecule has 0 unspecified atom stereocenters. The average molecular weight is 493 g/mol. The Labute approximate surface area is 187 Å². The Bertz CT molecular complexity index is 983. The smallest absolute Gasteiger partial charge is 0.252 e. The summed E-state index contributed by atoms with van der Waals surface area (Å²) in [4.78, 5) is 14.3. The van der Waals surface area contributed by atoms with Crippen molar-refractivity contribution in [3.63, 3.8) is 0 Å². The molecule has 1 atom stereocenters. The predicted octanol–water partition coefficient (Wildman–Crippen LogP) is 1.19. The number of nitrogens with zero attached hydrogens (tertiary/aromatic N) is 6. The predicted molar refractivity (Wildman–Crippen MR) is 112 cm³/mol. The van der Waals surface area contributed by atoms with Gasteiger partial charge in [0, 0.05) is 32.8 Å². The van der Waals surface area contributed by atoms with Crippen molar-refractivity contribution in [1.29, 1.82) is 0 Å². The third-order valence-corrected chi connectivity index (χ3v) is 9.50. The van der Waals surface area contributed by atoms with E-state index in [0.717, 1.165) is 30.8 Å². The highest BCUT2D eigenvalue weighted by atomic mass is 35.5. The van der Waals surface area contributed by atoms with Gasteiger partial charge in [-0.15, -0.1) is 16.4 Å². The lowest BCUT2D eigenvalue weighted by atomic mass is 10.2. The van der Waals surface area contributed by atoms with Crippen LogP contribution in [0.5, 0.6) is 0 Å². The van der Waals surface area contributed by atoms with Crippen LogP contribution in [0.25, 0.3) is 0 Å². The van der Waals surface area contributed by atoms with Gasteiger partial charge in [0.2, 0.25) is 11.1 Å². The summed E-state index contributed by atoms with van der Waals surface area (Å²) in [6.07, 6.45) is 2.12. The lowest BCUT2D eigenvalue weighted by molar-refractivity contribution is -0.129. The SMILES string of the molecule is O=C(CSc1nnnn1C[C@@H]1CCCO1)N1CCN(S(=O)(=O)c2ccc(Cl)s2)CC1. The molecular weight excluding hydrogens is 472 g/mol. The van der Waals surface area contributed by atoms with Crippen LogP contribution >= 0.6 is 34.7 Å². The van der Waals surface area contributed by atoms with Crippen molar-refractivity contribution in [3.05, 3.63) is 16.5 Å². The third-order valence-electron chi connectivity index (χ3n) is 4.96. The molecule has 4 heterocycles. The van der Waals surface area contributed by atoms with E-state index >= 15 is 0 Å². The molecule has 0 saturated carbocycles. The fraction of sp³-hybridized carbons (Fsp3) is 0.625. The van der Waals surface area contributed by atoms with E-state index in [1.807, 2.05) is 0 Å². The van der Waals surface area contributed by atoms with Crippen molar-refractivity contribution in [3.8, 4) is 0 Å². The molecular formula is C16H21ClN6O4S3. The molecule has 2 aromatic rings. The molecule has 0 aliphatic carbocycles. The highest BCUT2D eigenvalue weighted by molar-refractivity contribution is 7.99. The number of ether oxygens (including phenoxy) is 1. The number of tetrazole rings is 1. The van der Waals surface area contributed by atoms with Gasteiger partial charge in [0.25, 0.3) is 10.0 Å². The number of carbonyl (C=O) groups excluding carboxylic acids is 1. The molecule has 14 heteroatoms. The Hall–Kier alpha value is -1.25. The number of sulfonamides is 1. The molecule has 1 amide bonds. The molecule has 0 spiro atoms. The van der Waals surface area contributed by atoms with Crippen LogP contribution in [0.15, 0.2) is 21.5 Å². The highest BCUT2D eigenvalue weighted by Gasteiger charge is 2.31. The van der Waals surface area contributed by atoms with Crippen LogP contribution in [-0.4, -0.2) is 88.4 Å². The van der Waals surface area contributed by atoms with Crippen molar-refractivity contribution in [2.24, 2.45) is 0 Å². The molecule has 0 aromatic carbocycles. The minimum Gasteiger partial charge on any atom is -0.376 e. The first-order valence-corrected chi connectivity index (χ1v) is 13.1. The maximum Gasteiger partial charge on any atom is 0.252 e. The number of piperazine rings is 1. The summed E-state index contributed by atoms with van der Waals surface area (Å²) in [5.74, 6) is 0.127. The van der Waals surface area contributed by atoms with Gasteiger partial charge in [0.1, 0.15) is 4.21 Å². The van der Waals surface area contributed by atoms with Crippen molar-refractivity contribution in [2.75, 3.05) is 38.5 Å². The van der Waals surface area contributed by atoms with Crippen LogP contribution in [0, 0.1) is 0 Å². The molecule has 2 aliphatic rings. The van der Waals surface area contributed by atoms with E-state index in [1.54, 1.807) is 15.6 Å². The van der Waals surface area contributed by atoms with E-state index in [9.17, 15) is 13.2 Å². The Balaban J connectivity index is 1.27. The first-order chi connectivity index (χ1) is 14.4. The van der Waals surface area contributed by atoms with Crippen molar-refractivity contribution in [1.82, 2.24) is 29.4 Å². The second kappa shape index (κ2) is 9.49. The lowest BCUT2D eigenvalue weighted by Gasteiger charge is -2.33. The summed E-state index contributed by atoms with van der Waals surface area (Å²) in [6, 6.07) is 3.08. The van der Waals surface area contributed by atoms with Gasteiger partial charge in [-0.05, 0) is 35.4 Å². The van der Waals surface area contributed by atoms with Crippen molar-refractivity contribution >= 4 is 50.6 Å². The van der Waals surface area contributed by atoms with Crippen LogP contribution < -0.4 is 0 Å². The molecule has 30 heavy (non-hydrogen) atoms. The van der Waals surface area contributed by atoms with Crippen molar-refractivity contribution < 1.29 is 17.9 Å². The van der Waals surface area contributed by atoms with Crippen LogP contribution in [0.3, 0.4) is 0 Å². The Kier molecular flexibility index (Phi) is 6.95. The average Bonchev–Trinajstić information content (AvgIpc) is 3.49. The lowest BCUT2D eigenvalue weighted by Crippen LogP contribution is -2.50. The number of thioether (sulfide) groups is 1. The van der Waals surface area contributed by atoms with E-state index in [0.29, 0.717) is 29.1 Å². The maximum atomic E-state index is 12.7. The summed E-state index contributed by atoms with van der Waals surface area (Å²) in [6.45, 7) is 2.54. The van der Waals surface area contributed by atoms with E-state index < -0.39 is 10.0 Å². The van der Waals surface area contributed by atoms with Gasteiger partial charge in [0.05, 0.1) is 22.7 Å². The van der Waals surface area contributed by atoms with E-state index in [1.165, 1.54) is 22.1 Å². The molecule has 0 N–H and O–H groups in total. The van der Waals surface area contributed by atoms with Gasteiger partial charge in [-0.3, -0.25) is 4.79 Å². The molecule has 164 valence electrons. The molecule has 2 fully saturated rings. The number of amides is 1. The summed E-state index contributed by atoms with van der Waals surface area (Å²) >= 11 is 8.18. The molecule has 2 aliphatic heterocycles. The Morgan fingerprint density at radius 1 is 1.30 bits per heavy atom. The number of aromatic nitrogens is 4. The topological polar surface area (TPSA) is 111 Å². The van der Waals surface area contributed by atoms with Gasteiger partial charge >= 0.3 is 0 Å². The number of thiophene rings is 1. The van der Waals surface area contributed by atoms with Crippen LogP contribution in [0.2, 0.25) is 4.34 Å². The minimum atomic E-state index is -3.57. The zero-order valence-electron chi connectivity index (χ0n) is 16.0. The molecule has 0 bridgehead atoms.